The highest BCUT2D eigenvalue weighted by atomic mass is 32.1. The molecule has 3 aromatic rings. The normalized spacial score (nSPS) is 11.4. The lowest BCUT2D eigenvalue weighted by molar-refractivity contribution is -0.137. The lowest BCUT2D eigenvalue weighted by Gasteiger charge is -2.06. The maximum Gasteiger partial charge on any atom is 0.416 e. The predicted molar refractivity (Wildman–Crippen MR) is 99.8 cm³/mol. The van der Waals surface area contributed by atoms with Crippen molar-refractivity contribution in [1.29, 1.82) is 0 Å². The van der Waals surface area contributed by atoms with Crippen molar-refractivity contribution in [1.82, 2.24) is 10.3 Å². The minimum Gasteiger partial charge on any atom is -0.351 e. The van der Waals surface area contributed by atoms with E-state index < -0.39 is 11.7 Å². The predicted octanol–water partition coefficient (Wildman–Crippen LogP) is 5.11. The molecule has 0 aliphatic rings. The van der Waals surface area contributed by atoms with Crippen LogP contribution in [0.3, 0.4) is 0 Å². The van der Waals surface area contributed by atoms with E-state index in [-0.39, 0.29) is 5.91 Å². The first-order valence-corrected chi connectivity index (χ1v) is 9.13. The van der Waals surface area contributed by atoms with Crippen molar-refractivity contribution in [2.75, 3.05) is 6.54 Å². The van der Waals surface area contributed by atoms with Gasteiger partial charge in [0.1, 0.15) is 9.88 Å². The highest BCUT2D eigenvalue weighted by Gasteiger charge is 2.30. The zero-order valence-corrected chi connectivity index (χ0v) is 15.3. The molecule has 0 unspecified atom stereocenters. The molecular weight excluding hydrogens is 373 g/mol. The molecule has 0 spiro atoms. The maximum absolute atomic E-state index is 12.7. The fraction of sp³-hybridized carbons (Fsp3) is 0.200. The van der Waals surface area contributed by atoms with E-state index in [0.717, 1.165) is 24.1 Å². The van der Waals surface area contributed by atoms with Gasteiger partial charge in [0.05, 0.1) is 11.3 Å². The average molecular weight is 390 g/mol. The van der Waals surface area contributed by atoms with Crippen LogP contribution >= 0.6 is 11.3 Å². The Morgan fingerprint density at radius 3 is 2.37 bits per heavy atom. The number of halogens is 3. The third kappa shape index (κ3) is 4.74. The number of aryl methyl sites for hydroxylation is 1. The quantitative estimate of drug-likeness (QED) is 0.658. The molecule has 0 atom stereocenters. The second kappa shape index (κ2) is 7.92. The number of carbonyl (C=O) groups excluding carboxylic acids is 1. The first-order chi connectivity index (χ1) is 12.8. The number of nitrogens with one attached hydrogen (secondary N) is 1. The number of benzene rings is 2. The van der Waals surface area contributed by atoms with Crippen LogP contribution in [0.5, 0.6) is 0 Å². The molecule has 0 saturated carbocycles. The Morgan fingerprint density at radius 2 is 1.74 bits per heavy atom. The summed E-state index contributed by atoms with van der Waals surface area (Å²) in [6.45, 7) is 2.21. The van der Waals surface area contributed by atoms with E-state index in [1.807, 2.05) is 30.3 Å². The van der Waals surface area contributed by atoms with Gasteiger partial charge in [0.2, 0.25) is 0 Å². The Labute approximate surface area is 158 Å². The number of amides is 1. The molecule has 140 valence electrons. The molecule has 27 heavy (non-hydrogen) atoms. The van der Waals surface area contributed by atoms with Crippen molar-refractivity contribution in [3.8, 4) is 10.6 Å². The lowest BCUT2D eigenvalue weighted by atomic mass is 10.1. The van der Waals surface area contributed by atoms with Gasteiger partial charge in [-0.15, -0.1) is 11.3 Å². The number of aromatic nitrogens is 1. The molecule has 3 nitrogen and oxygen atoms in total. The number of rotatable bonds is 5. The average Bonchev–Trinajstić information content (AvgIpc) is 3.04. The summed E-state index contributed by atoms with van der Waals surface area (Å²) in [6, 6.07) is 14.6. The second-order valence-electron chi connectivity index (χ2n) is 6.00. The Kier molecular flexibility index (Phi) is 5.60. The van der Waals surface area contributed by atoms with Crippen LogP contribution in [0.15, 0.2) is 54.6 Å². The fourth-order valence-corrected chi connectivity index (χ4v) is 3.57. The van der Waals surface area contributed by atoms with Crippen molar-refractivity contribution in [3.05, 3.63) is 76.3 Å². The second-order valence-corrected chi connectivity index (χ2v) is 7.00. The van der Waals surface area contributed by atoms with Gasteiger partial charge < -0.3 is 5.32 Å². The van der Waals surface area contributed by atoms with Crippen LogP contribution in [0.1, 0.15) is 26.5 Å². The van der Waals surface area contributed by atoms with Gasteiger partial charge in [0.25, 0.3) is 5.91 Å². The van der Waals surface area contributed by atoms with Crippen LogP contribution < -0.4 is 5.32 Å². The van der Waals surface area contributed by atoms with Crippen molar-refractivity contribution < 1.29 is 18.0 Å². The molecule has 1 amide bonds. The minimum atomic E-state index is -4.37. The zero-order chi connectivity index (χ0) is 19.4. The van der Waals surface area contributed by atoms with Crippen LogP contribution in [0.25, 0.3) is 10.6 Å². The summed E-state index contributed by atoms with van der Waals surface area (Å²) in [5.41, 5.74) is 1.54. The number of hydrogen-bond donors (Lipinski definition) is 1. The van der Waals surface area contributed by atoms with E-state index in [2.05, 4.69) is 10.3 Å². The summed E-state index contributed by atoms with van der Waals surface area (Å²) in [6.07, 6.45) is -3.66. The Bertz CT molecular complexity index is 919. The summed E-state index contributed by atoms with van der Waals surface area (Å²) in [5.74, 6) is -0.223. The van der Waals surface area contributed by atoms with Crippen LogP contribution in [0.2, 0.25) is 0 Å². The smallest absolute Gasteiger partial charge is 0.351 e. The molecule has 0 saturated heterocycles. The van der Waals surface area contributed by atoms with Gasteiger partial charge in [0.15, 0.2) is 0 Å². The van der Waals surface area contributed by atoms with Gasteiger partial charge in [-0.05, 0) is 31.0 Å². The molecule has 0 bridgehead atoms. The molecule has 0 aliphatic heterocycles. The molecule has 1 heterocycles. The molecule has 1 N–H and O–H groups in total. The van der Waals surface area contributed by atoms with Crippen molar-refractivity contribution in [3.63, 3.8) is 0 Å². The number of thiazole rings is 1. The van der Waals surface area contributed by atoms with E-state index in [1.54, 1.807) is 6.92 Å². The van der Waals surface area contributed by atoms with Gasteiger partial charge in [-0.2, -0.15) is 13.2 Å². The molecule has 0 radical (unpaired) electrons. The number of carbonyl (C=O) groups is 1. The van der Waals surface area contributed by atoms with E-state index in [0.29, 0.717) is 27.7 Å². The molecule has 0 fully saturated rings. The standard InChI is InChI=1S/C20H17F3N2OS/c1-13-17(18(26)24-12-11-14-5-3-2-4-6-14)27-19(25-13)15-7-9-16(10-8-15)20(21,22)23/h2-10H,11-12H2,1H3,(H,24,26). The van der Waals surface area contributed by atoms with E-state index in [9.17, 15) is 18.0 Å². The van der Waals surface area contributed by atoms with Crippen molar-refractivity contribution in [2.24, 2.45) is 0 Å². The number of alkyl halides is 3. The van der Waals surface area contributed by atoms with E-state index in [1.165, 1.54) is 23.5 Å². The topological polar surface area (TPSA) is 42.0 Å². The van der Waals surface area contributed by atoms with Gasteiger partial charge in [-0.1, -0.05) is 42.5 Å². The molecule has 7 heteroatoms. The highest BCUT2D eigenvalue weighted by Crippen LogP contribution is 2.32. The molecular formula is C20H17F3N2OS. The van der Waals surface area contributed by atoms with Crippen molar-refractivity contribution >= 4 is 17.2 Å². The Morgan fingerprint density at radius 1 is 1.07 bits per heavy atom. The van der Waals surface area contributed by atoms with Crippen LogP contribution in [-0.2, 0) is 12.6 Å². The fourth-order valence-electron chi connectivity index (χ4n) is 2.58. The highest BCUT2D eigenvalue weighted by molar-refractivity contribution is 7.17. The molecule has 3 rings (SSSR count). The lowest BCUT2D eigenvalue weighted by Crippen LogP contribution is -2.25. The molecule has 1 aromatic heterocycles. The van der Waals surface area contributed by atoms with Crippen LogP contribution in [-0.4, -0.2) is 17.4 Å². The summed E-state index contributed by atoms with van der Waals surface area (Å²) < 4.78 is 38.0. The van der Waals surface area contributed by atoms with Gasteiger partial charge in [0, 0.05) is 12.1 Å². The van der Waals surface area contributed by atoms with Crippen LogP contribution in [0.4, 0.5) is 13.2 Å². The summed E-state index contributed by atoms with van der Waals surface area (Å²) in [5, 5.41) is 3.39. The monoisotopic (exact) mass is 390 g/mol. The zero-order valence-electron chi connectivity index (χ0n) is 14.5. The van der Waals surface area contributed by atoms with E-state index >= 15 is 0 Å². The largest absolute Gasteiger partial charge is 0.416 e. The number of hydrogen-bond acceptors (Lipinski definition) is 3. The first kappa shape index (κ1) is 19.1. The SMILES string of the molecule is Cc1nc(-c2ccc(C(F)(F)F)cc2)sc1C(=O)NCCc1ccccc1. The summed E-state index contributed by atoms with van der Waals surface area (Å²) in [4.78, 5) is 17.2. The third-order valence-corrected chi connectivity index (χ3v) is 5.21. The maximum atomic E-state index is 12.7. The van der Waals surface area contributed by atoms with Gasteiger partial charge in [-0.3, -0.25) is 4.79 Å². The summed E-state index contributed by atoms with van der Waals surface area (Å²) in [7, 11) is 0. The van der Waals surface area contributed by atoms with E-state index in [4.69, 9.17) is 0 Å². The third-order valence-electron chi connectivity index (χ3n) is 4.00. The Hall–Kier alpha value is -2.67. The Balaban J connectivity index is 1.67. The summed E-state index contributed by atoms with van der Waals surface area (Å²) >= 11 is 1.18. The molecule has 2 aromatic carbocycles. The number of nitrogens with zero attached hydrogens (tertiary/aromatic N) is 1. The van der Waals surface area contributed by atoms with Gasteiger partial charge in [-0.25, -0.2) is 4.98 Å². The van der Waals surface area contributed by atoms with Crippen molar-refractivity contribution in [2.45, 2.75) is 19.5 Å². The van der Waals surface area contributed by atoms with Gasteiger partial charge >= 0.3 is 6.18 Å². The minimum absolute atomic E-state index is 0.223. The molecule has 0 aliphatic carbocycles. The first-order valence-electron chi connectivity index (χ1n) is 8.32. The van der Waals surface area contributed by atoms with Crippen LogP contribution in [0, 0.1) is 6.92 Å².